The highest BCUT2D eigenvalue weighted by molar-refractivity contribution is 7.89. The lowest BCUT2D eigenvalue weighted by Gasteiger charge is -2.47. The number of ether oxygens (including phenoxy) is 5. The van der Waals surface area contributed by atoms with Crippen molar-refractivity contribution in [3.63, 3.8) is 0 Å². The maximum Gasteiger partial charge on any atom is 0.309 e. The lowest BCUT2D eigenvalue weighted by molar-refractivity contribution is -0.176. The number of aryl methyl sites for hydroxylation is 1. The lowest BCUT2D eigenvalue weighted by atomic mass is 9.83. The van der Waals surface area contributed by atoms with Gasteiger partial charge in [0, 0.05) is 26.8 Å². The summed E-state index contributed by atoms with van der Waals surface area (Å²) < 4.78 is 58.4. The molecular formula is C35H44N2O8S. The molecule has 0 amide bonds. The summed E-state index contributed by atoms with van der Waals surface area (Å²) in [4.78, 5) is 15.5. The van der Waals surface area contributed by atoms with Crippen LogP contribution in [0.2, 0.25) is 0 Å². The minimum Gasteiger partial charge on any atom is -0.497 e. The number of anilines is 1. The van der Waals surface area contributed by atoms with Crippen molar-refractivity contribution in [3.8, 4) is 11.5 Å². The molecule has 0 aliphatic carbocycles. The van der Waals surface area contributed by atoms with Crippen LogP contribution in [-0.2, 0) is 35.6 Å². The van der Waals surface area contributed by atoms with E-state index in [1.165, 1.54) is 11.4 Å². The summed E-state index contributed by atoms with van der Waals surface area (Å²) in [6.07, 6.45) is 1.42. The van der Waals surface area contributed by atoms with Crippen molar-refractivity contribution in [1.29, 1.82) is 0 Å². The first-order valence-corrected chi connectivity index (χ1v) is 17.1. The highest BCUT2D eigenvalue weighted by Crippen LogP contribution is 2.45. The van der Waals surface area contributed by atoms with E-state index in [1.807, 2.05) is 49.4 Å². The van der Waals surface area contributed by atoms with Crippen molar-refractivity contribution in [2.75, 3.05) is 59.1 Å². The third-order valence-electron chi connectivity index (χ3n) is 8.81. The van der Waals surface area contributed by atoms with Gasteiger partial charge in [0.15, 0.2) is 0 Å². The van der Waals surface area contributed by atoms with Gasteiger partial charge in [0.25, 0.3) is 0 Å². The third-order valence-corrected chi connectivity index (χ3v) is 10.8. The summed E-state index contributed by atoms with van der Waals surface area (Å²) in [7, 11) is 0.559. The molecule has 2 aliphatic rings. The maximum absolute atomic E-state index is 14.3. The summed E-state index contributed by atoms with van der Waals surface area (Å²) in [5.41, 5.74) is 2.24. The second-order valence-corrected chi connectivity index (χ2v) is 13.7. The van der Waals surface area contributed by atoms with Crippen LogP contribution in [0.3, 0.4) is 0 Å². The van der Waals surface area contributed by atoms with Gasteiger partial charge in [0.05, 0.1) is 44.4 Å². The second-order valence-electron chi connectivity index (χ2n) is 11.8. The smallest absolute Gasteiger partial charge is 0.309 e. The molecule has 2 atom stereocenters. The van der Waals surface area contributed by atoms with Gasteiger partial charge >= 0.3 is 5.97 Å². The molecule has 248 valence electrons. The summed E-state index contributed by atoms with van der Waals surface area (Å²) in [6.45, 7) is 4.96. The Labute approximate surface area is 272 Å². The van der Waals surface area contributed by atoms with Gasteiger partial charge < -0.3 is 28.6 Å². The topological polar surface area (TPSA) is 104 Å². The number of hydrogen-bond acceptors (Lipinski definition) is 9. The fraction of sp³-hybridized carbons (Fsp3) is 0.457. The molecule has 0 bridgehead atoms. The summed E-state index contributed by atoms with van der Waals surface area (Å²) in [5.74, 6) is 0.890. The molecule has 11 heteroatoms. The molecule has 3 aromatic rings. The minimum absolute atomic E-state index is 0.0748. The van der Waals surface area contributed by atoms with Gasteiger partial charge in [0.2, 0.25) is 10.0 Å². The first-order chi connectivity index (χ1) is 22.2. The fourth-order valence-electron chi connectivity index (χ4n) is 6.30. The predicted octanol–water partition coefficient (Wildman–Crippen LogP) is 5.28. The van der Waals surface area contributed by atoms with Crippen LogP contribution in [0.15, 0.2) is 71.6 Å². The first kappa shape index (κ1) is 33.7. The van der Waals surface area contributed by atoms with Gasteiger partial charge in [-0.2, -0.15) is 4.31 Å². The Morgan fingerprint density at radius 1 is 1.00 bits per heavy atom. The van der Waals surface area contributed by atoms with Gasteiger partial charge in [-0.1, -0.05) is 35.9 Å². The molecule has 0 N–H and O–H groups in total. The Hall–Kier alpha value is -3.64. The Morgan fingerprint density at radius 2 is 1.76 bits per heavy atom. The number of methoxy groups -OCH3 is 3. The fourth-order valence-corrected chi connectivity index (χ4v) is 8.01. The SMILES string of the molecule is COCCCN1CCOc2ccc(CO[C@@]3(CC(=O)OC)C[C@H](c4ccc(OC)cc4)CCN3S(=O)(=O)c3ccc(C)cc3)cc21. The number of hydrogen-bond donors (Lipinski definition) is 0. The number of rotatable bonds is 13. The Balaban J connectivity index is 1.52. The Bertz CT molecular complexity index is 1580. The van der Waals surface area contributed by atoms with Crippen molar-refractivity contribution in [2.45, 2.75) is 55.8 Å². The molecule has 0 saturated carbocycles. The van der Waals surface area contributed by atoms with Gasteiger partial charge in [0.1, 0.15) is 23.8 Å². The number of sulfonamides is 1. The van der Waals surface area contributed by atoms with Crippen molar-refractivity contribution in [1.82, 2.24) is 4.31 Å². The largest absolute Gasteiger partial charge is 0.497 e. The van der Waals surface area contributed by atoms with Gasteiger partial charge in [-0.05, 0) is 79.6 Å². The zero-order valence-corrected chi connectivity index (χ0v) is 27.9. The van der Waals surface area contributed by atoms with Crippen LogP contribution in [-0.4, -0.2) is 78.6 Å². The highest BCUT2D eigenvalue weighted by Gasteiger charge is 2.51. The first-order valence-electron chi connectivity index (χ1n) is 15.6. The molecular weight excluding hydrogens is 608 g/mol. The summed E-state index contributed by atoms with van der Waals surface area (Å²) >= 11 is 0. The van der Waals surface area contributed by atoms with E-state index in [9.17, 15) is 13.2 Å². The van der Waals surface area contributed by atoms with E-state index in [-0.39, 0.29) is 36.8 Å². The zero-order valence-electron chi connectivity index (χ0n) is 27.1. The molecule has 1 fully saturated rings. The summed E-state index contributed by atoms with van der Waals surface area (Å²) in [5, 5.41) is 0. The molecule has 0 spiro atoms. The van der Waals surface area contributed by atoms with Crippen LogP contribution < -0.4 is 14.4 Å². The molecule has 1 saturated heterocycles. The van der Waals surface area contributed by atoms with E-state index in [1.54, 1.807) is 38.5 Å². The number of benzene rings is 3. The predicted molar refractivity (Wildman–Crippen MR) is 175 cm³/mol. The van der Waals surface area contributed by atoms with Crippen LogP contribution >= 0.6 is 0 Å². The minimum atomic E-state index is -4.06. The van der Waals surface area contributed by atoms with Crippen LogP contribution in [0, 0.1) is 6.92 Å². The van der Waals surface area contributed by atoms with Crippen LogP contribution in [0.5, 0.6) is 11.5 Å². The van der Waals surface area contributed by atoms with Gasteiger partial charge in [-0.25, -0.2) is 8.42 Å². The third kappa shape index (κ3) is 7.49. The average Bonchev–Trinajstić information content (AvgIpc) is 3.07. The van der Waals surface area contributed by atoms with E-state index in [4.69, 9.17) is 23.7 Å². The molecule has 0 unspecified atom stereocenters. The Morgan fingerprint density at radius 3 is 2.46 bits per heavy atom. The summed E-state index contributed by atoms with van der Waals surface area (Å²) in [6, 6.07) is 20.4. The van der Waals surface area contributed by atoms with Crippen LogP contribution in [0.25, 0.3) is 0 Å². The number of carbonyl (C=O) groups excluding carboxylic acids is 1. The van der Waals surface area contributed by atoms with E-state index >= 15 is 0 Å². The average molecular weight is 653 g/mol. The molecule has 2 aliphatic heterocycles. The standard InChI is InChI=1S/C35H44N2O8S/c1-26-6-13-31(14-7-26)46(39,40)37-18-16-29(28-9-11-30(42-3)12-10-28)23-35(37,24-34(38)43-4)45-25-27-8-15-33-32(22-27)36(19-21-44-33)17-5-20-41-2/h6-15,22,29H,5,16-21,23-25H2,1-4H3/t29-,35-/m1/s1. The van der Waals surface area contributed by atoms with Crippen LogP contribution in [0.1, 0.15) is 48.3 Å². The molecule has 5 rings (SSSR count). The van der Waals surface area contributed by atoms with E-state index < -0.39 is 21.7 Å². The normalized spacial score (nSPS) is 20.1. The van der Waals surface area contributed by atoms with Gasteiger partial charge in [-0.15, -0.1) is 0 Å². The van der Waals surface area contributed by atoms with E-state index in [2.05, 4.69) is 4.90 Å². The number of esters is 1. The van der Waals surface area contributed by atoms with Crippen molar-refractivity contribution in [3.05, 3.63) is 83.4 Å². The number of fused-ring (bicyclic) bond motifs is 1. The molecule has 10 nitrogen and oxygen atoms in total. The van der Waals surface area contributed by atoms with Crippen molar-refractivity contribution >= 4 is 21.7 Å². The molecule has 46 heavy (non-hydrogen) atoms. The van der Waals surface area contributed by atoms with Gasteiger partial charge in [-0.3, -0.25) is 4.79 Å². The zero-order chi connectivity index (χ0) is 32.7. The molecule has 0 radical (unpaired) electrons. The quantitative estimate of drug-likeness (QED) is 0.180. The van der Waals surface area contributed by atoms with Crippen LogP contribution in [0.4, 0.5) is 5.69 Å². The van der Waals surface area contributed by atoms with Crippen molar-refractivity contribution in [2.24, 2.45) is 0 Å². The van der Waals surface area contributed by atoms with Crippen molar-refractivity contribution < 1.29 is 36.9 Å². The maximum atomic E-state index is 14.3. The van der Waals surface area contributed by atoms with E-state index in [0.717, 1.165) is 53.4 Å². The molecule has 2 heterocycles. The molecule has 3 aromatic carbocycles. The Kier molecular flexibility index (Phi) is 10.9. The second kappa shape index (κ2) is 14.8. The monoisotopic (exact) mass is 652 g/mol. The number of carbonyl (C=O) groups is 1. The highest BCUT2D eigenvalue weighted by atomic mass is 32.2. The lowest BCUT2D eigenvalue weighted by Crippen LogP contribution is -2.58. The molecule has 0 aromatic heterocycles. The van der Waals surface area contributed by atoms with E-state index in [0.29, 0.717) is 19.6 Å². The number of piperidine rings is 1. The number of nitrogens with zero attached hydrogens (tertiary/aromatic N) is 2.